The van der Waals surface area contributed by atoms with Gasteiger partial charge in [0.15, 0.2) is 0 Å². The van der Waals surface area contributed by atoms with E-state index < -0.39 is 0 Å². The van der Waals surface area contributed by atoms with Crippen LogP contribution >= 0.6 is 0 Å². The fourth-order valence-electron chi connectivity index (χ4n) is 1.81. The molecule has 0 spiro atoms. The van der Waals surface area contributed by atoms with Gasteiger partial charge in [-0.1, -0.05) is 37.3 Å². The summed E-state index contributed by atoms with van der Waals surface area (Å²) in [4.78, 5) is 18.2. The van der Waals surface area contributed by atoms with Gasteiger partial charge in [-0.3, -0.25) is 0 Å². The molecule has 16 heavy (non-hydrogen) atoms. The number of hydrogen-bond donors (Lipinski definition) is 1. The fourth-order valence-corrected chi connectivity index (χ4v) is 1.81. The van der Waals surface area contributed by atoms with E-state index in [4.69, 9.17) is 0 Å². The lowest BCUT2D eigenvalue weighted by molar-refractivity contribution is 0.936. The average molecular weight is 214 g/mol. The molecule has 0 saturated carbocycles. The smallest absolute Gasteiger partial charge is 0.310 e. The van der Waals surface area contributed by atoms with Crippen LogP contribution in [0.4, 0.5) is 0 Å². The van der Waals surface area contributed by atoms with Crippen LogP contribution in [0.1, 0.15) is 18.2 Å². The molecule has 0 radical (unpaired) electrons. The monoisotopic (exact) mass is 214 g/mol. The molecule has 1 aromatic heterocycles. The van der Waals surface area contributed by atoms with Gasteiger partial charge in [-0.25, -0.2) is 4.79 Å². The molecule has 0 aliphatic rings. The van der Waals surface area contributed by atoms with Crippen LogP contribution < -0.4 is 5.69 Å². The number of rotatable bonds is 2. The van der Waals surface area contributed by atoms with Crippen molar-refractivity contribution in [2.45, 2.75) is 20.3 Å². The quantitative estimate of drug-likeness (QED) is 0.833. The van der Waals surface area contributed by atoms with E-state index in [0.717, 1.165) is 28.9 Å². The van der Waals surface area contributed by atoms with E-state index in [0.29, 0.717) is 0 Å². The molecule has 0 aliphatic heterocycles. The van der Waals surface area contributed by atoms with Crippen molar-refractivity contribution in [3.8, 4) is 11.3 Å². The van der Waals surface area contributed by atoms with Gasteiger partial charge in [0.2, 0.25) is 0 Å². The first-order chi connectivity index (χ1) is 7.72. The SMILES string of the molecule is CCc1[nH]c(=O)nc(-c2ccccc2)c1C. The van der Waals surface area contributed by atoms with Gasteiger partial charge in [-0.05, 0) is 18.9 Å². The molecule has 0 aliphatic carbocycles. The summed E-state index contributed by atoms with van der Waals surface area (Å²) >= 11 is 0. The summed E-state index contributed by atoms with van der Waals surface area (Å²) in [5, 5.41) is 0. The highest BCUT2D eigenvalue weighted by Crippen LogP contribution is 2.20. The second-order valence-electron chi connectivity index (χ2n) is 3.71. The number of hydrogen-bond acceptors (Lipinski definition) is 2. The first-order valence-electron chi connectivity index (χ1n) is 5.37. The van der Waals surface area contributed by atoms with Crippen molar-refractivity contribution < 1.29 is 0 Å². The molecule has 1 aromatic carbocycles. The summed E-state index contributed by atoms with van der Waals surface area (Å²) in [6.45, 7) is 4.01. The average Bonchev–Trinajstić information content (AvgIpc) is 2.33. The van der Waals surface area contributed by atoms with E-state index in [1.54, 1.807) is 0 Å². The van der Waals surface area contributed by atoms with Gasteiger partial charge in [-0.15, -0.1) is 0 Å². The predicted octanol–water partition coefficient (Wildman–Crippen LogP) is 2.31. The molecule has 82 valence electrons. The van der Waals surface area contributed by atoms with Gasteiger partial charge in [0.1, 0.15) is 0 Å². The van der Waals surface area contributed by atoms with Gasteiger partial charge >= 0.3 is 5.69 Å². The van der Waals surface area contributed by atoms with E-state index in [1.165, 1.54) is 0 Å². The summed E-state index contributed by atoms with van der Waals surface area (Å²) in [6.07, 6.45) is 0.809. The third-order valence-corrected chi connectivity index (χ3v) is 2.68. The predicted molar refractivity (Wildman–Crippen MR) is 64.4 cm³/mol. The molecular formula is C13H14N2O. The van der Waals surface area contributed by atoms with Crippen LogP contribution in [-0.4, -0.2) is 9.97 Å². The standard InChI is InChI=1S/C13H14N2O/c1-3-11-9(2)12(15-13(16)14-11)10-7-5-4-6-8-10/h4-8H,3H2,1-2H3,(H,14,15,16). The number of nitrogens with zero attached hydrogens (tertiary/aromatic N) is 1. The van der Waals surface area contributed by atoms with Crippen molar-refractivity contribution >= 4 is 0 Å². The molecule has 0 saturated heterocycles. The van der Waals surface area contributed by atoms with Gasteiger partial charge in [0.25, 0.3) is 0 Å². The maximum absolute atomic E-state index is 11.4. The largest absolute Gasteiger partial charge is 0.345 e. The van der Waals surface area contributed by atoms with Crippen LogP contribution in [0, 0.1) is 6.92 Å². The van der Waals surface area contributed by atoms with E-state index in [-0.39, 0.29) is 5.69 Å². The van der Waals surface area contributed by atoms with E-state index >= 15 is 0 Å². The number of nitrogens with one attached hydrogen (secondary N) is 1. The van der Waals surface area contributed by atoms with Crippen LogP contribution in [-0.2, 0) is 6.42 Å². The third kappa shape index (κ3) is 1.89. The number of aryl methyl sites for hydroxylation is 1. The maximum atomic E-state index is 11.4. The van der Waals surface area contributed by atoms with Crippen LogP contribution in [0.15, 0.2) is 35.1 Å². The summed E-state index contributed by atoms with van der Waals surface area (Å²) < 4.78 is 0. The molecule has 3 nitrogen and oxygen atoms in total. The van der Waals surface area contributed by atoms with Crippen molar-refractivity contribution in [1.29, 1.82) is 0 Å². The minimum atomic E-state index is -0.277. The zero-order valence-electron chi connectivity index (χ0n) is 9.45. The molecule has 0 unspecified atom stereocenters. The number of benzene rings is 1. The van der Waals surface area contributed by atoms with Crippen molar-refractivity contribution in [2.24, 2.45) is 0 Å². The van der Waals surface area contributed by atoms with E-state index in [1.807, 2.05) is 44.2 Å². The molecule has 3 heteroatoms. The van der Waals surface area contributed by atoms with Gasteiger partial charge < -0.3 is 4.98 Å². The highest BCUT2D eigenvalue weighted by molar-refractivity contribution is 5.63. The minimum absolute atomic E-state index is 0.277. The second kappa shape index (κ2) is 4.31. The Balaban J connectivity index is 2.66. The minimum Gasteiger partial charge on any atom is -0.310 e. The lowest BCUT2D eigenvalue weighted by Crippen LogP contribution is -2.15. The van der Waals surface area contributed by atoms with Crippen molar-refractivity contribution in [1.82, 2.24) is 9.97 Å². The molecular weight excluding hydrogens is 200 g/mol. The van der Waals surface area contributed by atoms with E-state index in [9.17, 15) is 4.79 Å². The third-order valence-electron chi connectivity index (χ3n) is 2.68. The Morgan fingerprint density at radius 3 is 2.56 bits per heavy atom. The fraction of sp³-hybridized carbons (Fsp3) is 0.231. The van der Waals surface area contributed by atoms with E-state index in [2.05, 4.69) is 9.97 Å². The molecule has 0 amide bonds. The highest BCUT2D eigenvalue weighted by Gasteiger charge is 2.08. The summed E-state index contributed by atoms with van der Waals surface area (Å²) in [6, 6.07) is 9.78. The Morgan fingerprint density at radius 1 is 1.25 bits per heavy atom. The zero-order chi connectivity index (χ0) is 11.5. The zero-order valence-corrected chi connectivity index (χ0v) is 9.45. The highest BCUT2D eigenvalue weighted by atomic mass is 16.1. The van der Waals surface area contributed by atoms with Gasteiger partial charge in [0, 0.05) is 11.3 Å². The number of H-pyrrole nitrogens is 1. The van der Waals surface area contributed by atoms with Crippen molar-refractivity contribution in [2.75, 3.05) is 0 Å². The molecule has 2 rings (SSSR count). The Kier molecular flexibility index (Phi) is 2.86. The summed E-state index contributed by atoms with van der Waals surface area (Å²) in [7, 11) is 0. The van der Waals surface area contributed by atoms with Gasteiger partial charge in [-0.2, -0.15) is 4.98 Å². The summed E-state index contributed by atoms with van der Waals surface area (Å²) in [5.74, 6) is 0. The van der Waals surface area contributed by atoms with Crippen LogP contribution in [0.3, 0.4) is 0 Å². The van der Waals surface area contributed by atoms with Crippen LogP contribution in [0.5, 0.6) is 0 Å². The molecule has 1 N–H and O–H groups in total. The number of aromatic nitrogens is 2. The van der Waals surface area contributed by atoms with Crippen molar-refractivity contribution in [3.05, 3.63) is 52.1 Å². The molecule has 0 fully saturated rings. The normalized spacial score (nSPS) is 10.4. The lowest BCUT2D eigenvalue weighted by Gasteiger charge is -2.08. The second-order valence-corrected chi connectivity index (χ2v) is 3.71. The molecule has 1 heterocycles. The number of aromatic amines is 1. The molecule has 0 atom stereocenters. The first-order valence-corrected chi connectivity index (χ1v) is 5.37. The first kappa shape index (κ1) is 10.6. The topological polar surface area (TPSA) is 45.8 Å². The lowest BCUT2D eigenvalue weighted by atomic mass is 10.0. The van der Waals surface area contributed by atoms with Crippen LogP contribution in [0.2, 0.25) is 0 Å². The Labute approximate surface area is 94.2 Å². The van der Waals surface area contributed by atoms with Gasteiger partial charge in [0.05, 0.1) is 5.69 Å². The Morgan fingerprint density at radius 2 is 1.94 bits per heavy atom. The molecule has 2 aromatic rings. The van der Waals surface area contributed by atoms with Crippen LogP contribution in [0.25, 0.3) is 11.3 Å². The summed E-state index contributed by atoms with van der Waals surface area (Å²) in [5.41, 5.74) is 3.50. The molecule has 0 bridgehead atoms. The Bertz CT molecular complexity index is 544. The Hall–Kier alpha value is -1.90. The van der Waals surface area contributed by atoms with Crippen molar-refractivity contribution in [3.63, 3.8) is 0 Å². The maximum Gasteiger partial charge on any atom is 0.345 e.